The van der Waals surface area contributed by atoms with Gasteiger partial charge in [0.05, 0.1) is 28.7 Å². The summed E-state index contributed by atoms with van der Waals surface area (Å²) in [7, 11) is 0. The van der Waals surface area contributed by atoms with E-state index in [1.165, 1.54) is 32.4 Å². The number of nitriles is 1. The summed E-state index contributed by atoms with van der Waals surface area (Å²) in [5.74, 6) is 0.712. The van der Waals surface area contributed by atoms with Gasteiger partial charge in [0, 0.05) is 15.6 Å². The molecule has 1 aliphatic heterocycles. The molecule has 34 heavy (non-hydrogen) atoms. The minimum atomic E-state index is -0.261. The predicted molar refractivity (Wildman–Crippen MR) is 138 cm³/mol. The third-order valence-electron chi connectivity index (χ3n) is 6.01. The highest BCUT2D eigenvalue weighted by Gasteiger charge is 2.16. The van der Waals surface area contributed by atoms with Crippen molar-refractivity contribution in [3.05, 3.63) is 70.5 Å². The number of carbonyl (C=O) groups excluding carboxylic acids is 1. The van der Waals surface area contributed by atoms with E-state index in [4.69, 9.17) is 11.6 Å². The van der Waals surface area contributed by atoms with Crippen LogP contribution in [0, 0.1) is 18.3 Å². The average molecular weight is 494 g/mol. The van der Waals surface area contributed by atoms with Gasteiger partial charge >= 0.3 is 0 Å². The molecule has 1 fully saturated rings. The normalized spacial score (nSPS) is 14.0. The van der Waals surface area contributed by atoms with Crippen LogP contribution in [0.1, 0.15) is 47.3 Å². The summed E-state index contributed by atoms with van der Waals surface area (Å²) in [5.41, 5.74) is 3.20. The summed E-state index contributed by atoms with van der Waals surface area (Å²) < 4.78 is 1.70. The van der Waals surface area contributed by atoms with Crippen molar-refractivity contribution in [1.82, 2.24) is 14.7 Å². The van der Waals surface area contributed by atoms with Gasteiger partial charge in [0.2, 0.25) is 0 Å². The Balaban J connectivity index is 1.37. The molecule has 176 valence electrons. The third kappa shape index (κ3) is 6.01. The number of nitrogens with zero attached hydrogens (tertiary/aromatic N) is 4. The van der Waals surface area contributed by atoms with Crippen LogP contribution in [0.2, 0.25) is 5.02 Å². The minimum absolute atomic E-state index is 0.261. The molecule has 0 bridgehead atoms. The number of hydrogen-bond donors (Lipinski definition) is 1. The monoisotopic (exact) mass is 493 g/mol. The zero-order valence-electron chi connectivity index (χ0n) is 19.3. The predicted octanol–water partition coefficient (Wildman–Crippen LogP) is 5.93. The molecule has 0 saturated carbocycles. The molecule has 0 atom stereocenters. The Kier molecular flexibility index (Phi) is 8.28. The second kappa shape index (κ2) is 11.6. The average Bonchev–Trinajstić information content (AvgIpc) is 3.25. The summed E-state index contributed by atoms with van der Waals surface area (Å²) in [6.07, 6.45) is 6.62. The number of anilines is 1. The van der Waals surface area contributed by atoms with Crippen LogP contribution in [0.25, 0.3) is 5.69 Å². The van der Waals surface area contributed by atoms with Gasteiger partial charge in [0.1, 0.15) is 6.07 Å². The van der Waals surface area contributed by atoms with Crippen LogP contribution in [0.4, 0.5) is 5.69 Å². The highest BCUT2D eigenvalue weighted by molar-refractivity contribution is 7.99. The molecular formula is C26H28ClN5OS. The Labute approximate surface area is 209 Å². The van der Waals surface area contributed by atoms with Crippen molar-refractivity contribution in [3.63, 3.8) is 0 Å². The van der Waals surface area contributed by atoms with Crippen molar-refractivity contribution < 1.29 is 4.79 Å². The van der Waals surface area contributed by atoms with Crippen LogP contribution < -0.4 is 5.32 Å². The maximum absolute atomic E-state index is 12.9. The first kappa shape index (κ1) is 24.3. The first-order chi connectivity index (χ1) is 16.5. The lowest BCUT2D eigenvalue weighted by molar-refractivity contribution is 0.102. The first-order valence-corrected chi connectivity index (χ1v) is 12.9. The SMILES string of the molecule is Cc1c(C(=O)Nc2ccc(SCCCN3CCCCC3)c(C#N)c2)cnn1-c1ccc(Cl)cc1. The number of hydrogen-bond acceptors (Lipinski definition) is 5. The molecule has 1 amide bonds. The molecule has 2 aromatic carbocycles. The molecular weight excluding hydrogens is 466 g/mol. The van der Waals surface area contributed by atoms with Crippen molar-refractivity contribution in [1.29, 1.82) is 5.26 Å². The topological polar surface area (TPSA) is 74.0 Å². The molecule has 1 aliphatic rings. The molecule has 6 nitrogen and oxygen atoms in total. The van der Waals surface area contributed by atoms with E-state index in [0.29, 0.717) is 21.8 Å². The number of piperidine rings is 1. The molecule has 0 aliphatic carbocycles. The molecule has 0 unspecified atom stereocenters. The van der Waals surface area contributed by atoms with Crippen molar-refractivity contribution in [2.45, 2.75) is 37.5 Å². The van der Waals surface area contributed by atoms with E-state index in [0.717, 1.165) is 35.0 Å². The van der Waals surface area contributed by atoms with E-state index < -0.39 is 0 Å². The maximum Gasteiger partial charge on any atom is 0.259 e. The quantitative estimate of drug-likeness (QED) is 0.311. The lowest BCUT2D eigenvalue weighted by Crippen LogP contribution is -2.30. The Morgan fingerprint density at radius 1 is 1.18 bits per heavy atom. The van der Waals surface area contributed by atoms with Gasteiger partial charge in [-0.25, -0.2) is 4.68 Å². The smallest absolute Gasteiger partial charge is 0.259 e. The number of benzene rings is 2. The largest absolute Gasteiger partial charge is 0.322 e. The van der Waals surface area contributed by atoms with E-state index in [1.807, 2.05) is 31.2 Å². The Morgan fingerprint density at radius 2 is 1.94 bits per heavy atom. The molecule has 2 heterocycles. The number of aromatic nitrogens is 2. The second-order valence-corrected chi connectivity index (χ2v) is 9.99. The van der Waals surface area contributed by atoms with Crippen LogP contribution in [0.15, 0.2) is 53.6 Å². The van der Waals surface area contributed by atoms with Crippen LogP contribution in [-0.2, 0) is 0 Å². The van der Waals surface area contributed by atoms with Crippen molar-refractivity contribution in [2.24, 2.45) is 0 Å². The van der Waals surface area contributed by atoms with Crippen LogP contribution >= 0.6 is 23.4 Å². The maximum atomic E-state index is 12.9. The fourth-order valence-corrected chi connectivity index (χ4v) is 5.19. The molecule has 0 spiro atoms. The van der Waals surface area contributed by atoms with Crippen molar-refractivity contribution in [2.75, 3.05) is 30.7 Å². The van der Waals surface area contributed by atoms with Crippen LogP contribution in [0.5, 0.6) is 0 Å². The van der Waals surface area contributed by atoms with E-state index >= 15 is 0 Å². The van der Waals surface area contributed by atoms with Gasteiger partial charge in [0.25, 0.3) is 5.91 Å². The standard InChI is InChI=1S/C26H28ClN5OS/c1-19-24(18-29-32(19)23-9-6-21(27)7-10-23)26(33)30-22-8-11-25(20(16-22)17-28)34-15-5-14-31-12-3-2-4-13-31/h6-11,16,18H,2-5,12-15H2,1H3,(H,30,33). The first-order valence-electron chi connectivity index (χ1n) is 11.6. The third-order valence-corrected chi connectivity index (χ3v) is 7.42. The molecule has 1 aromatic heterocycles. The van der Waals surface area contributed by atoms with E-state index in [1.54, 1.807) is 40.8 Å². The van der Waals surface area contributed by atoms with E-state index in [-0.39, 0.29) is 5.91 Å². The minimum Gasteiger partial charge on any atom is -0.322 e. The fourth-order valence-electron chi connectivity index (χ4n) is 4.15. The van der Waals surface area contributed by atoms with Gasteiger partial charge in [-0.05, 0) is 94.0 Å². The summed E-state index contributed by atoms with van der Waals surface area (Å²) in [5, 5.41) is 17.5. The lowest BCUT2D eigenvalue weighted by atomic mass is 10.1. The number of nitrogens with one attached hydrogen (secondary N) is 1. The van der Waals surface area contributed by atoms with Crippen molar-refractivity contribution >= 4 is 35.0 Å². The van der Waals surface area contributed by atoms with Gasteiger partial charge in [-0.15, -0.1) is 11.8 Å². The van der Waals surface area contributed by atoms with Gasteiger partial charge in [0.15, 0.2) is 0 Å². The molecule has 1 N–H and O–H groups in total. The number of rotatable bonds is 8. The lowest BCUT2D eigenvalue weighted by Gasteiger charge is -2.26. The zero-order chi connectivity index (χ0) is 23.9. The number of halogens is 1. The number of amides is 1. The van der Waals surface area contributed by atoms with Gasteiger partial charge < -0.3 is 10.2 Å². The molecule has 0 radical (unpaired) electrons. The number of likely N-dealkylation sites (tertiary alicyclic amines) is 1. The highest BCUT2D eigenvalue weighted by Crippen LogP contribution is 2.27. The Bertz CT molecular complexity index is 1180. The number of carbonyl (C=O) groups is 1. The van der Waals surface area contributed by atoms with Gasteiger partial charge in [-0.2, -0.15) is 10.4 Å². The zero-order valence-corrected chi connectivity index (χ0v) is 20.8. The van der Waals surface area contributed by atoms with Crippen molar-refractivity contribution in [3.8, 4) is 11.8 Å². The fraction of sp³-hybridized carbons (Fsp3) is 0.346. The summed E-state index contributed by atoms with van der Waals surface area (Å²) in [4.78, 5) is 16.4. The molecule has 3 aromatic rings. The summed E-state index contributed by atoms with van der Waals surface area (Å²) in [6, 6.07) is 15.1. The van der Waals surface area contributed by atoms with Gasteiger partial charge in [-0.3, -0.25) is 4.79 Å². The van der Waals surface area contributed by atoms with E-state index in [2.05, 4.69) is 21.4 Å². The molecule has 1 saturated heterocycles. The van der Waals surface area contributed by atoms with Crippen LogP contribution in [-0.4, -0.2) is 46.0 Å². The Hall–Kier alpha value is -2.79. The Morgan fingerprint density at radius 3 is 2.68 bits per heavy atom. The van der Waals surface area contributed by atoms with Gasteiger partial charge in [-0.1, -0.05) is 18.0 Å². The molecule has 4 rings (SSSR count). The second-order valence-electron chi connectivity index (χ2n) is 8.41. The summed E-state index contributed by atoms with van der Waals surface area (Å²) in [6.45, 7) is 5.38. The number of thioether (sulfide) groups is 1. The molecule has 8 heteroatoms. The highest BCUT2D eigenvalue weighted by atomic mass is 35.5. The van der Waals surface area contributed by atoms with Crippen LogP contribution in [0.3, 0.4) is 0 Å². The summed E-state index contributed by atoms with van der Waals surface area (Å²) >= 11 is 7.67. The van der Waals surface area contributed by atoms with E-state index in [9.17, 15) is 10.1 Å².